The second-order valence-electron chi connectivity index (χ2n) is 5.15. The quantitative estimate of drug-likeness (QED) is 0.616. The molecule has 1 aromatic carbocycles. The van der Waals surface area contributed by atoms with E-state index in [1.54, 1.807) is 6.92 Å². The summed E-state index contributed by atoms with van der Waals surface area (Å²) in [6.45, 7) is 0.838. The molecule has 2 N–H and O–H groups in total. The predicted molar refractivity (Wildman–Crippen MR) is 84.8 cm³/mol. The van der Waals surface area contributed by atoms with E-state index in [9.17, 15) is 19.2 Å². The molecule has 0 spiro atoms. The Kier molecular flexibility index (Phi) is 7.22. The number of rotatable bonds is 8. The maximum Gasteiger partial charge on any atom is 0.260 e. The Morgan fingerprint density at radius 1 is 1.04 bits per heavy atom. The van der Waals surface area contributed by atoms with Gasteiger partial charge in [0.2, 0.25) is 6.41 Å². The monoisotopic (exact) mass is 336 g/mol. The van der Waals surface area contributed by atoms with E-state index in [-0.39, 0.29) is 43.0 Å². The Bertz CT molecular complexity index is 644. The zero-order valence-corrected chi connectivity index (χ0v) is 13.6. The van der Waals surface area contributed by atoms with Gasteiger partial charge >= 0.3 is 0 Å². The molecule has 0 bridgehead atoms. The second-order valence-corrected chi connectivity index (χ2v) is 5.15. The van der Waals surface area contributed by atoms with Gasteiger partial charge in [0.15, 0.2) is 6.29 Å². The van der Waals surface area contributed by atoms with Gasteiger partial charge in [-0.05, 0) is 24.6 Å². The van der Waals surface area contributed by atoms with Crippen molar-refractivity contribution in [1.29, 1.82) is 0 Å². The zero-order valence-electron chi connectivity index (χ0n) is 13.6. The van der Waals surface area contributed by atoms with Gasteiger partial charge in [-0.1, -0.05) is 0 Å². The standard InChI is InChI=1S/C16H20N2O6/c1-11-7-12(9-21)14(15(23)17(2)3-5-19)8-13(11)16(24)18(10-22)4-6-20/h7-10,19-20H,3-6H2,1-2H3. The molecular formula is C16H20N2O6. The van der Waals surface area contributed by atoms with Crippen molar-refractivity contribution in [3.05, 3.63) is 34.4 Å². The Balaban J connectivity index is 3.36. The van der Waals surface area contributed by atoms with Gasteiger partial charge in [0.05, 0.1) is 25.3 Å². The third-order valence-electron chi connectivity index (χ3n) is 3.50. The van der Waals surface area contributed by atoms with Gasteiger partial charge in [-0.2, -0.15) is 0 Å². The highest BCUT2D eigenvalue weighted by atomic mass is 16.3. The molecule has 0 fully saturated rings. The first-order chi connectivity index (χ1) is 11.4. The van der Waals surface area contributed by atoms with Gasteiger partial charge in [-0.25, -0.2) is 0 Å². The van der Waals surface area contributed by atoms with Crippen molar-refractivity contribution in [1.82, 2.24) is 9.80 Å². The fourth-order valence-corrected chi connectivity index (χ4v) is 2.17. The average molecular weight is 336 g/mol. The number of aryl methyl sites for hydroxylation is 1. The minimum atomic E-state index is -0.673. The molecule has 0 saturated carbocycles. The van der Waals surface area contributed by atoms with Crippen LogP contribution in [0.4, 0.5) is 0 Å². The largest absolute Gasteiger partial charge is 0.395 e. The Morgan fingerprint density at radius 2 is 1.67 bits per heavy atom. The van der Waals surface area contributed by atoms with Crippen LogP contribution in [0, 0.1) is 6.92 Å². The first-order valence-electron chi connectivity index (χ1n) is 7.24. The van der Waals surface area contributed by atoms with Gasteiger partial charge in [0.1, 0.15) is 0 Å². The Hall–Kier alpha value is -2.58. The fourth-order valence-electron chi connectivity index (χ4n) is 2.17. The smallest absolute Gasteiger partial charge is 0.260 e. The summed E-state index contributed by atoms with van der Waals surface area (Å²) in [6, 6.07) is 2.65. The van der Waals surface area contributed by atoms with Crippen molar-refractivity contribution in [3.8, 4) is 0 Å². The first kappa shape index (κ1) is 19.5. The van der Waals surface area contributed by atoms with Crippen LogP contribution >= 0.6 is 0 Å². The highest BCUT2D eigenvalue weighted by Gasteiger charge is 2.22. The van der Waals surface area contributed by atoms with Gasteiger partial charge in [-0.3, -0.25) is 24.1 Å². The normalized spacial score (nSPS) is 10.2. The van der Waals surface area contributed by atoms with E-state index in [2.05, 4.69) is 0 Å². The SMILES string of the molecule is Cc1cc(C=O)c(C(=O)N(C)CCO)cc1C(=O)N(C=O)CCO. The predicted octanol–water partition coefficient (Wildman–Crippen LogP) is -0.537. The molecule has 24 heavy (non-hydrogen) atoms. The third kappa shape index (κ3) is 4.24. The molecule has 130 valence electrons. The molecule has 0 saturated heterocycles. The summed E-state index contributed by atoms with van der Waals surface area (Å²) in [6.07, 6.45) is 0.803. The maximum atomic E-state index is 12.4. The minimum absolute atomic E-state index is 0.00440. The van der Waals surface area contributed by atoms with Crippen LogP contribution in [-0.2, 0) is 4.79 Å². The molecule has 3 amide bonds. The molecule has 0 aliphatic rings. The molecule has 0 unspecified atom stereocenters. The zero-order chi connectivity index (χ0) is 18.3. The summed E-state index contributed by atoms with van der Waals surface area (Å²) in [4.78, 5) is 49.0. The van der Waals surface area contributed by atoms with E-state index in [1.807, 2.05) is 0 Å². The molecule has 0 heterocycles. The average Bonchev–Trinajstić information content (AvgIpc) is 2.58. The van der Waals surface area contributed by atoms with E-state index >= 15 is 0 Å². The number of aliphatic hydroxyl groups excluding tert-OH is 2. The summed E-state index contributed by atoms with van der Waals surface area (Å²) >= 11 is 0. The molecule has 1 aromatic rings. The summed E-state index contributed by atoms with van der Waals surface area (Å²) in [5.74, 6) is -1.20. The van der Waals surface area contributed by atoms with E-state index in [4.69, 9.17) is 10.2 Å². The van der Waals surface area contributed by atoms with Crippen LogP contribution in [0.2, 0.25) is 0 Å². The van der Waals surface area contributed by atoms with Crippen LogP contribution in [0.25, 0.3) is 0 Å². The minimum Gasteiger partial charge on any atom is -0.395 e. The molecular weight excluding hydrogens is 316 g/mol. The second kappa shape index (κ2) is 8.90. The van der Waals surface area contributed by atoms with Gasteiger partial charge in [-0.15, -0.1) is 0 Å². The first-order valence-corrected chi connectivity index (χ1v) is 7.24. The van der Waals surface area contributed by atoms with Crippen LogP contribution in [0.3, 0.4) is 0 Å². The number of carbonyl (C=O) groups is 4. The third-order valence-corrected chi connectivity index (χ3v) is 3.50. The lowest BCUT2D eigenvalue weighted by Crippen LogP contribution is -2.34. The topological polar surface area (TPSA) is 115 Å². The summed E-state index contributed by atoms with van der Waals surface area (Å²) in [5, 5.41) is 17.8. The fraction of sp³-hybridized carbons (Fsp3) is 0.375. The number of aldehydes is 1. The van der Waals surface area contributed by atoms with E-state index in [1.165, 1.54) is 24.1 Å². The number of amides is 3. The molecule has 0 aromatic heterocycles. The summed E-state index contributed by atoms with van der Waals surface area (Å²) < 4.78 is 0. The number of likely N-dealkylation sites (N-methyl/N-ethyl adjacent to an activating group) is 1. The maximum absolute atomic E-state index is 12.4. The van der Waals surface area contributed by atoms with Crippen LogP contribution in [0.15, 0.2) is 12.1 Å². The van der Waals surface area contributed by atoms with Gasteiger partial charge in [0, 0.05) is 24.7 Å². The number of aliphatic hydroxyl groups is 2. The molecule has 8 nitrogen and oxygen atoms in total. The van der Waals surface area contributed by atoms with Crippen LogP contribution < -0.4 is 0 Å². The van der Waals surface area contributed by atoms with E-state index in [0.717, 1.165) is 4.90 Å². The summed E-state index contributed by atoms with van der Waals surface area (Å²) in [5.41, 5.74) is 0.624. The highest BCUT2D eigenvalue weighted by molar-refractivity contribution is 6.07. The number of hydrogen-bond acceptors (Lipinski definition) is 6. The van der Waals surface area contributed by atoms with Crippen LogP contribution in [-0.4, -0.2) is 77.9 Å². The number of nitrogens with zero attached hydrogens (tertiary/aromatic N) is 2. The van der Waals surface area contributed by atoms with Crippen LogP contribution in [0.1, 0.15) is 36.6 Å². The number of carbonyl (C=O) groups excluding carboxylic acids is 4. The molecule has 1 rings (SSSR count). The molecule has 0 atom stereocenters. The molecule has 0 radical (unpaired) electrons. The Morgan fingerprint density at radius 3 is 2.17 bits per heavy atom. The lowest BCUT2D eigenvalue weighted by molar-refractivity contribution is -0.116. The van der Waals surface area contributed by atoms with Crippen LogP contribution in [0.5, 0.6) is 0 Å². The van der Waals surface area contributed by atoms with Crippen molar-refractivity contribution in [2.75, 3.05) is 33.4 Å². The Labute approximate surface area is 139 Å². The lowest BCUT2D eigenvalue weighted by atomic mass is 9.98. The van der Waals surface area contributed by atoms with Crippen molar-refractivity contribution >= 4 is 24.5 Å². The highest BCUT2D eigenvalue weighted by Crippen LogP contribution is 2.19. The lowest BCUT2D eigenvalue weighted by Gasteiger charge is -2.20. The number of benzene rings is 1. The number of imide groups is 1. The molecule has 0 aliphatic heterocycles. The van der Waals surface area contributed by atoms with E-state index < -0.39 is 11.8 Å². The van der Waals surface area contributed by atoms with Crippen molar-refractivity contribution < 1.29 is 29.4 Å². The molecule has 0 aliphatic carbocycles. The van der Waals surface area contributed by atoms with Gasteiger partial charge < -0.3 is 15.1 Å². The number of hydrogen-bond donors (Lipinski definition) is 2. The van der Waals surface area contributed by atoms with Crippen molar-refractivity contribution in [2.45, 2.75) is 6.92 Å². The van der Waals surface area contributed by atoms with Gasteiger partial charge in [0.25, 0.3) is 11.8 Å². The summed E-state index contributed by atoms with van der Waals surface area (Å²) in [7, 11) is 1.46. The molecule has 8 heteroatoms. The van der Waals surface area contributed by atoms with Crippen molar-refractivity contribution in [3.63, 3.8) is 0 Å². The van der Waals surface area contributed by atoms with E-state index in [0.29, 0.717) is 18.3 Å². The van der Waals surface area contributed by atoms with Crippen molar-refractivity contribution in [2.24, 2.45) is 0 Å².